The Morgan fingerprint density at radius 3 is 2.77 bits per heavy atom. The van der Waals surface area contributed by atoms with Gasteiger partial charge in [0.15, 0.2) is 0 Å². The molecule has 31 heavy (non-hydrogen) atoms. The second-order valence-electron chi connectivity index (χ2n) is 7.29. The molecule has 0 radical (unpaired) electrons. The van der Waals surface area contributed by atoms with E-state index in [0.717, 1.165) is 36.4 Å². The molecule has 0 saturated carbocycles. The molecule has 0 atom stereocenters. The number of ether oxygens (including phenoxy) is 1. The van der Waals surface area contributed by atoms with Crippen molar-refractivity contribution in [1.29, 1.82) is 0 Å². The molecule has 0 aliphatic carbocycles. The third-order valence-electron chi connectivity index (χ3n) is 5.54. The lowest BCUT2D eigenvalue weighted by atomic mass is 10.1. The van der Waals surface area contributed by atoms with Crippen LogP contribution in [0.5, 0.6) is 5.75 Å². The summed E-state index contributed by atoms with van der Waals surface area (Å²) in [5.41, 5.74) is 5.45. The topological polar surface area (TPSA) is 61.1 Å². The molecule has 5 rings (SSSR count). The summed E-state index contributed by atoms with van der Waals surface area (Å²) < 4.78 is 9.63. The zero-order chi connectivity index (χ0) is 19.8. The standard InChI is InChI=1S/C23H22N4O2.2ClH/c1-26-21-7-10-24-14-20(21)19-6-5-17(12-22(19)26)27-11-8-18(13-23(27)28)29-15-16-4-2-3-9-25-16;;/h2-6,8-9,11-13,24H,7,10,14-15H2,1H3;2*1H. The van der Waals surface area contributed by atoms with Crippen molar-refractivity contribution in [3.63, 3.8) is 0 Å². The van der Waals surface area contributed by atoms with Gasteiger partial charge in [-0.3, -0.25) is 14.3 Å². The molecule has 0 fully saturated rings. The number of fused-ring (bicyclic) bond motifs is 3. The third-order valence-corrected chi connectivity index (χ3v) is 5.54. The van der Waals surface area contributed by atoms with Gasteiger partial charge in [0.05, 0.1) is 16.9 Å². The lowest BCUT2D eigenvalue weighted by Crippen LogP contribution is -2.24. The Morgan fingerprint density at radius 1 is 1.13 bits per heavy atom. The van der Waals surface area contributed by atoms with E-state index in [0.29, 0.717) is 12.4 Å². The summed E-state index contributed by atoms with van der Waals surface area (Å²) in [5, 5.41) is 4.70. The molecule has 3 aromatic heterocycles. The SMILES string of the molecule is Cl.Cl.Cn1c2c(c3ccc(-n4ccc(OCc5ccccn5)cc4=O)cc31)CNCC2. The molecular formula is C23H24Cl2N4O2. The number of aryl methyl sites for hydroxylation is 1. The van der Waals surface area contributed by atoms with E-state index in [1.54, 1.807) is 17.0 Å². The Hall–Kier alpha value is -2.80. The van der Waals surface area contributed by atoms with E-state index in [4.69, 9.17) is 4.74 Å². The quantitative estimate of drug-likeness (QED) is 0.505. The van der Waals surface area contributed by atoms with Gasteiger partial charge in [-0.15, -0.1) is 24.8 Å². The monoisotopic (exact) mass is 458 g/mol. The molecule has 0 saturated heterocycles. The lowest BCUT2D eigenvalue weighted by molar-refractivity contribution is 0.300. The van der Waals surface area contributed by atoms with Crippen molar-refractivity contribution in [1.82, 2.24) is 19.4 Å². The van der Waals surface area contributed by atoms with Crippen LogP contribution in [-0.4, -0.2) is 20.7 Å². The minimum atomic E-state index is -0.122. The summed E-state index contributed by atoms with van der Waals surface area (Å²) in [6.45, 7) is 2.23. The highest BCUT2D eigenvalue weighted by molar-refractivity contribution is 5.87. The van der Waals surface area contributed by atoms with Crippen molar-refractivity contribution in [2.45, 2.75) is 19.6 Å². The van der Waals surface area contributed by atoms with Gasteiger partial charge >= 0.3 is 0 Å². The minimum absolute atomic E-state index is 0. The van der Waals surface area contributed by atoms with E-state index >= 15 is 0 Å². The first-order valence-electron chi connectivity index (χ1n) is 9.77. The van der Waals surface area contributed by atoms with Crippen molar-refractivity contribution >= 4 is 35.7 Å². The Bertz CT molecular complexity index is 1250. The molecule has 0 unspecified atom stereocenters. The number of aromatic nitrogens is 3. The highest BCUT2D eigenvalue weighted by Crippen LogP contribution is 2.29. The molecule has 4 heterocycles. The second kappa shape index (κ2) is 9.56. The van der Waals surface area contributed by atoms with Gasteiger partial charge in [0.25, 0.3) is 5.56 Å². The number of rotatable bonds is 4. The molecule has 4 aromatic rings. The van der Waals surface area contributed by atoms with E-state index < -0.39 is 0 Å². The van der Waals surface area contributed by atoms with Gasteiger partial charge in [-0.2, -0.15) is 0 Å². The molecule has 8 heteroatoms. The van der Waals surface area contributed by atoms with Crippen molar-refractivity contribution < 1.29 is 4.74 Å². The Labute approximate surface area is 192 Å². The smallest absolute Gasteiger partial charge is 0.258 e. The number of nitrogens with one attached hydrogen (secondary N) is 1. The van der Waals surface area contributed by atoms with Gasteiger partial charge in [-0.05, 0) is 35.9 Å². The van der Waals surface area contributed by atoms with Crippen molar-refractivity contribution in [2.75, 3.05) is 6.54 Å². The average molecular weight is 459 g/mol. The van der Waals surface area contributed by atoms with Crippen molar-refractivity contribution in [2.24, 2.45) is 7.05 Å². The molecule has 1 aliphatic rings. The normalized spacial score (nSPS) is 12.5. The van der Waals surface area contributed by atoms with Crippen LogP contribution >= 0.6 is 24.8 Å². The van der Waals surface area contributed by atoms with Gasteiger partial charge in [-0.1, -0.05) is 12.1 Å². The molecule has 0 bridgehead atoms. The van der Waals surface area contributed by atoms with Gasteiger partial charge in [0.2, 0.25) is 0 Å². The Morgan fingerprint density at radius 2 is 2.00 bits per heavy atom. The van der Waals surface area contributed by atoms with Gasteiger partial charge in [-0.25, -0.2) is 0 Å². The predicted octanol–water partition coefficient (Wildman–Crippen LogP) is 3.79. The number of halogens is 2. The van der Waals surface area contributed by atoms with Crippen LogP contribution in [0.2, 0.25) is 0 Å². The van der Waals surface area contributed by atoms with Crippen LogP contribution < -0.4 is 15.6 Å². The predicted molar refractivity (Wildman–Crippen MR) is 127 cm³/mol. The third kappa shape index (κ3) is 4.32. The van der Waals surface area contributed by atoms with Crippen LogP contribution in [0, 0.1) is 0 Å². The summed E-state index contributed by atoms with van der Waals surface area (Å²) in [5.74, 6) is 0.540. The molecule has 0 spiro atoms. The van der Waals surface area contributed by atoms with Crippen LogP contribution in [0.3, 0.4) is 0 Å². The van der Waals surface area contributed by atoms with Gasteiger partial charge < -0.3 is 14.6 Å². The summed E-state index contributed by atoms with van der Waals surface area (Å²) >= 11 is 0. The second-order valence-corrected chi connectivity index (χ2v) is 7.29. The zero-order valence-corrected chi connectivity index (χ0v) is 18.7. The molecule has 6 nitrogen and oxygen atoms in total. The molecule has 162 valence electrons. The molecule has 0 amide bonds. The minimum Gasteiger partial charge on any atom is -0.487 e. The molecule has 1 N–H and O–H groups in total. The highest BCUT2D eigenvalue weighted by Gasteiger charge is 2.18. The van der Waals surface area contributed by atoms with Gasteiger partial charge in [0.1, 0.15) is 12.4 Å². The zero-order valence-electron chi connectivity index (χ0n) is 17.1. The highest BCUT2D eigenvalue weighted by atomic mass is 35.5. The largest absolute Gasteiger partial charge is 0.487 e. The van der Waals surface area contributed by atoms with Crippen LogP contribution in [0.1, 0.15) is 17.0 Å². The first-order valence-corrected chi connectivity index (χ1v) is 9.77. The maximum Gasteiger partial charge on any atom is 0.258 e. The van der Waals surface area contributed by atoms with E-state index in [2.05, 4.69) is 34.0 Å². The lowest BCUT2D eigenvalue weighted by Gasteiger charge is -2.14. The van der Waals surface area contributed by atoms with E-state index in [1.165, 1.54) is 22.7 Å². The number of pyridine rings is 2. The van der Waals surface area contributed by atoms with E-state index in [9.17, 15) is 4.79 Å². The summed E-state index contributed by atoms with van der Waals surface area (Å²) in [6.07, 6.45) is 4.52. The molecule has 1 aromatic carbocycles. The number of hydrogen-bond acceptors (Lipinski definition) is 4. The summed E-state index contributed by atoms with van der Waals surface area (Å²) in [4.78, 5) is 16.9. The first kappa shape index (κ1) is 22.9. The Balaban J connectivity index is 0.00000136. The molecular weight excluding hydrogens is 435 g/mol. The van der Waals surface area contributed by atoms with Crippen LogP contribution in [0.4, 0.5) is 0 Å². The number of benzene rings is 1. The fourth-order valence-electron chi connectivity index (χ4n) is 4.05. The number of hydrogen-bond donors (Lipinski definition) is 1. The fourth-order valence-corrected chi connectivity index (χ4v) is 4.05. The molecule has 1 aliphatic heterocycles. The van der Waals surface area contributed by atoms with E-state index in [-0.39, 0.29) is 30.4 Å². The summed E-state index contributed by atoms with van der Waals surface area (Å²) in [7, 11) is 2.10. The maximum absolute atomic E-state index is 12.7. The van der Waals surface area contributed by atoms with Crippen molar-refractivity contribution in [3.8, 4) is 11.4 Å². The number of nitrogens with zero attached hydrogens (tertiary/aromatic N) is 3. The Kier molecular flexibility index (Phi) is 7.05. The average Bonchev–Trinajstić information content (AvgIpc) is 3.05. The van der Waals surface area contributed by atoms with Gasteiger partial charge in [0, 0.05) is 56.1 Å². The van der Waals surface area contributed by atoms with Crippen LogP contribution in [0.15, 0.2) is 65.7 Å². The van der Waals surface area contributed by atoms with E-state index in [1.807, 2.05) is 30.3 Å². The fraction of sp³-hybridized carbons (Fsp3) is 0.217. The van der Waals surface area contributed by atoms with Crippen LogP contribution in [0.25, 0.3) is 16.6 Å². The summed E-state index contributed by atoms with van der Waals surface area (Å²) in [6, 6.07) is 15.2. The maximum atomic E-state index is 12.7. The van der Waals surface area contributed by atoms with Crippen molar-refractivity contribution in [3.05, 3.63) is 88.2 Å². The first-order chi connectivity index (χ1) is 14.2. The van der Waals surface area contributed by atoms with Crippen LogP contribution in [-0.2, 0) is 26.6 Å².